The van der Waals surface area contributed by atoms with E-state index in [4.69, 9.17) is 22.1 Å². The quantitative estimate of drug-likeness (QED) is 0.888. The third-order valence-corrected chi connectivity index (χ3v) is 3.63. The Morgan fingerprint density at radius 1 is 1.05 bits per heavy atom. The molecule has 2 N–H and O–H groups in total. The summed E-state index contributed by atoms with van der Waals surface area (Å²) < 4.78 is 5.30. The van der Waals surface area contributed by atoms with Gasteiger partial charge in [-0.1, -0.05) is 29.8 Å². The lowest BCUT2D eigenvalue weighted by atomic mass is 10.1. The maximum atomic E-state index is 5.90. The number of methoxy groups -OCH3 is 1. The van der Waals surface area contributed by atoms with E-state index in [1.54, 1.807) is 7.11 Å². The Bertz CT molecular complexity index is 584. The van der Waals surface area contributed by atoms with Gasteiger partial charge in [0, 0.05) is 30.2 Å². The molecule has 2 aromatic rings. The lowest BCUT2D eigenvalue weighted by molar-refractivity contribution is 0.318. The Labute approximate surface area is 131 Å². The molecule has 0 bridgehead atoms. The highest BCUT2D eigenvalue weighted by Crippen LogP contribution is 2.20. The minimum absolute atomic E-state index is 0.484. The third kappa shape index (κ3) is 4.46. The lowest BCUT2D eigenvalue weighted by Crippen LogP contribution is -2.17. The van der Waals surface area contributed by atoms with Gasteiger partial charge in [-0.3, -0.25) is 4.90 Å². The fourth-order valence-electron chi connectivity index (χ4n) is 2.36. The number of hydrogen-bond donors (Lipinski definition) is 1. The van der Waals surface area contributed by atoms with Crippen LogP contribution in [0.15, 0.2) is 42.5 Å². The molecule has 0 aliphatic heterocycles. The molecule has 112 valence electrons. The minimum atomic E-state index is 0.484. The zero-order valence-electron chi connectivity index (χ0n) is 12.5. The largest absolute Gasteiger partial charge is 0.496 e. The molecule has 4 heteroatoms. The van der Waals surface area contributed by atoms with Crippen LogP contribution in [0.2, 0.25) is 5.02 Å². The van der Waals surface area contributed by atoms with Crippen LogP contribution in [-0.4, -0.2) is 19.1 Å². The smallest absolute Gasteiger partial charge is 0.123 e. The predicted molar refractivity (Wildman–Crippen MR) is 87.5 cm³/mol. The van der Waals surface area contributed by atoms with Crippen molar-refractivity contribution in [2.45, 2.75) is 19.6 Å². The number of rotatable bonds is 6. The van der Waals surface area contributed by atoms with Crippen molar-refractivity contribution >= 4 is 11.6 Å². The molecule has 2 aromatic carbocycles. The number of hydrogen-bond acceptors (Lipinski definition) is 3. The molecule has 0 unspecified atom stereocenters. The molecule has 0 aliphatic carbocycles. The summed E-state index contributed by atoms with van der Waals surface area (Å²) >= 11 is 5.90. The molecule has 0 aromatic heterocycles. The summed E-state index contributed by atoms with van der Waals surface area (Å²) in [6.45, 7) is 2.22. The minimum Gasteiger partial charge on any atom is -0.496 e. The molecule has 2 rings (SSSR count). The Hall–Kier alpha value is -1.55. The maximum Gasteiger partial charge on any atom is 0.123 e. The van der Waals surface area contributed by atoms with E-state index < -0.39 is 0 Å². The third-order valence-electron chi connectivity index (χ3n) is 3.38. The van der Waals surface area contributed by atoms with Gasteiger partial charge in [0.15, 0.2) is 0 Å². The molecule has 0 amide bonds. The molecule has 0 atom stereocenters. The van der Waals surface area contributed by atoms with Crippen LogP contribution in [0.1, 0.15) is 16.7 Å². The van der Waals surface area contributed by atoms with Gasteiger partial charge in [0.25, 0.3) is 0 Å². The van der Waals surface area contributed by atoms with Gasteiger partial charge in [0.05, 0.1) is 7.11 Å². The molecule has 0 radical (unpaired) electrons. The highest BCUT2D eigenvalue weighted by molar-refractivity contribution is 6.30. The summed E-state index contributed by atoms with van der Waals surface area (Å²) in [5, 5.41) is 0.768. The molecule has 21 heavy (non-hydrogen) atoms. The van der Waals surface area contributed by atoms with E-state index in [0.717, 1.165) is 29.4 Å². The summed E-state index contributed by atoms with van der Waals surface area (Å²) in [5.41, 5.74) is 9.27. The molecular weight excluding hydrogens is 284 g/mol. The summed E-state index contributed by atoms with van der Waals surface area (Å²) in [6, 6.07) is 14.1. The first-order valence-corrected chi connectivity index (χ1v) is 7.29. The SMILES string of the molecule is COc1ccc(CN(C)Cc2ccc(Cl)cc2)cc1CN. The summed E-state index contributed by atoms with van der Waals surface area (Å²) in [4.78, 5) is 2.26. The first-order chi connectivity index (χ1) is 10.1. The second-order valence-electron chi connectivity index (χ2n) is 5.15. The van der Waals surface area contributed by atoms with Gasteiger partial charge in [0.1, 0.15) is 5.75 Å². The molecule has 0 heterocycles. The van der Waals surface area contributed by atoms with Crippen molar-refractivity contribution in [3.05, 3.63) is 64.2 Å². The zero-order valence-corrected chi connectivity index (χ0v) is 13.2. The van der Waals surface area contributed by atoms with Crippen molar-refractivity contribution in [2.24, 2.45) is 5.73 Å². The number of benzene rings is 2. The Balaban J connectivity index is 2.02. The first kappa shape index (κ1) is 15.8. The van der Waals surface area contributed by atoms with Crippen molar-refractivity contribution in [2.75, 3.05) is 14.2 Å². The highest BCUT2D eigenvalue weighted by Gasteiger charge is 2.06. The molecule has 0 saturated heterocycles. The normalized spacial score (nSPS) is 10.9. The summed E-state index contributed by atoms with van der Waals surface area (Å²) in [7, 11) is 3.77. The van der Waals surface area contributed by atoms with Crippen LogP contribution < -0.4 is 10.5 Å². The van der Waals surface area contributed by atoms with E-state index in [2.05, 4.69) is 36.2 Å². The van der Waals surface area contributed by atoms with E-state index in [9.17, 15) is 0 Å². The second-order valence-corrected chi connectivity index (χ2v) is 5.59. The fourth-order valence-corrected chi connectivity index (χ4v) is 2.48. The van der Waals surface area contributed by atoms with Crippen molar-refractivity contribution in [1.29, 1.82) is 0 Å². The number of nitrogens with zero attached hydrogens (tertiary/aromatic N) is 1. The maximum absolute atomic E-state index is 5.90. The molecule has 0 aliphatic rings. The van der Waals surface area contributed by atoms with Crippen LogP contribution in [0, 0.1) is 0 Å². The molecule has 0 fully saturated rings. The van der Waals surface area contributed by atoms with Gasteiger partial charge in [-0.15, -0.1) is 0 Å². The van der Waals surface area contributed by atoms with Gasteiger partial charge < -0.3 is 10.5 Å². The van der Waals surface area contributed by atoms with Crippen LogP contribution in [0.25, 0.3) is 0 Å². The van der Waals surface area contributed by atoms with Gasteiger partial charge in [-0.05, 0) is 42.4 Å². The van der Waals surface area contributed by atoms with E-state index in [1.807, 2.05) is 18.2 Å². The lowest BCUT2D eigenvalue weighted by Gasteiger charge is -2.18. The van der Waals surface area contributed by atoms with E-state index >= 15 is 0 Å². The van der Waals surface area contributed by atoms with Crippen LogP contribution in [0.4, 0.5) is 0 Å². The standard InChI is InChI=1S/C17H21ClN2O/c1-20(11-13-3-6-16(18)7-4-13)12-14-5-8-17(21-2)15(9-14)10-19/h3-9H,10-12,19H2,1-2H3. The molecule has 0 spiro atoms. The van der Waals surface area contributed by atoms with Crippen LogP contribution >= 0.6 is 11.6 Å². The zero-order chi connectivity index (χ0) is 15.2. The van der Waals surface area contributed by atoms with Crippen LogP contribution in [-0.2, 0) is 19.6 Å². The Kier molecular flexibility index (Phi) is 5.62. The molecular formula is C17H21ClN2O. The van der Waals surface area contributed by atoms with Crippen molar-refractivity contribution in [1.82, 2.24) is 4.90 Å². The van der Waals surface area contributed by atoms with Crippen molar-refractivity contribution in [3.63, 3.8) is 0 Å². The number of nitrogens with two attached hydrogens (primary N) is 1. The van der Waals surface area contributed by atoms with E-state index in [1.165, 1.54) is 11.1 Å². The van der Waals surface area contributed by atoms with Crippen LogP contribution in [0.5, 0.6) is 5.75 Å². The monoisotopic (exact) mass is 304 g/mol. The fraction of sp³-hybridized carbons (Fsp3) is 0.294. The topological polar surface area (TPSA) is 38.5 Å². The number of ether oxygens (including phenoxy) is 1. The van der Waals surface area contributed by atoms with Gasteiger partial charge in [0.2, 0.25) is 0 Å². The highest BCUT2D eigenvalue weighted by atomic mass is 35.5. The summed E-state index contributed by atoms with van der Waals surface area (Å²) in [5.74, 6) is 0.849. The average Bonchev–Trinajstić information content (AvgIpc) is 2.49. The average molecular weight is 305 g/mol. The van der Waals surface area contributed by atoms with Crippen LogP contribution in [0.3, 0.4) is 0 Å². The van der Waals surface area contributed by atoms with Crippen molar-refractivity contribution < 1.29 is 4.74 Å². The van der Waals surface area contributed by atoms with Gasteiger partial charge in [-0.2, -0.15) is 0 Å². The summed E-state index contributed by atoms with van der Waals surface area (Å²) in [6.07, 6.45) is 0. The van der Waals surface area contributed by atoms with Crippen molar-refractivity contribution in [3.8, 4) is 5.75 Å². The van der Waals surface area contributed by atoms with E-state index in [-0.39, 0.29) is 0 Å². The Morgan fingerprint density at radius 3 is 2.29 bits per heavy atom. The van der Waals surface area contributed by atoms with Gasteiger partial charge >= 0.3 is 0 Å². The molecule has 0 saturated carbocycles. The first-order valence-electron chi connectivity index (χ1n) is 6.91. The predicted octanol–water partition coefficient (Wildman–Crippen LogP) is 3.44. The molecule has 3 nitrogen and oxygen atoms in total. The number of halogens is 1. The van der Waals surface area contributed by atoms with Gasteiger partial charge in [-0.25, -0.2) is 0 Å². The van der Waals surface area contributed by atoms with E-state index in [0.29, 0.717) is 6.54 Å². The second kappa shape index (κ2) is 7.46. The Morgan fingerprint density at radius 2 is 1.67 bits per heavy atom.